The van der Waals surface area contributed by atoms with Gasteiger partial charge >= 0.3 is 0 Å². The first-order valence-electron chi connectivity index (χ1n) is 13.5. The van der Waals surface area contributed by atoms with E-state index in [4.69, 9.17) is 30.2 Å². The lowest BCUT2D eigenvalue weighted by molar-refractivity contribution is -0.118. The van der Waals surface area contributed by atoms with Crippen LogP contribution in [0.1, 0.15) is 5.56 Å². The molecule has 10 nitrogen and oxygen atoms in total. The van der Waals surface area contributed by atoms with Crippen molar-refractivity contribution in [2.45, 2.75) is 0 Å². The molecule has 2 heterocycles. The predicted molar refractivity (Wildman–Crippen MR) is 169 cm³/mol. The van der Waals surface area contributed by atoms with E-state index in [0.717, 1.165) is 10.1 Å². The molecule has 2 aromatic heterocycles. The second-order valence-electron chi connectivity index (χ2n) is 9.71. The zero-order valence-corrected chi connectivity index (χ0v) is 24.7. The molecule has 12 heteroatoms. The molecule has 0 fully saturated rings. The van der Waals surface area contributed by atoms with Gasteiger partial charge in [0.2, 0.25) is 11.6 Å². The molecular formula is C33H24ClFN4O6. The quantitative estimate of drug-likeness (QED) is 0.182. The van der Waals surface area contributed by atoms with E-state index in [2.05, 4.69) is 15.4 Å². The first-order valence-corrected chi connectivity index (χ1v) is 13.9. The van der Waals surface area contributed by atoms with E-state index in [0.29, 0.717) is 38.5 Å². The van der Waals surface area contributed by atoms with Gasteiger partial charge in [-0.25, -0.2) is 9.37 Å². The SMILES string of the molecule is COc1cc(C=Nn2c(-c3cc4cc(Cl)ccc4o3)nc3ccccc3c2=O)cc(OC)c1OCC(=O)Nc1cccc(F)c1. The van der Waals surface area contributed by atoms with Gasteiger partial charge in [0.15, 0.2) is 23.9 Å². The highest BCUT2D eigenvalue weighted by Crippen LogP contribution is 2.38. The van der Waals surface area contributed by atoms with Gasteiger partial charge in [0.25, 0.3) is 11.5 Å². The Bertz CT molecular complexity index is 2130. The summed E-state index contributed by atoms with van der Waals surface area (Å²) >= 11 is 6.16. The fourth-order valence-electron chi connectivity index (χ4n) is 4.66. The summed E-state index contributed by atoms with van der Waals surface area (Å²) in [5.74, 6) is 0.163. The smallest absolute Gasteiger partial charge is 0.282 e. The largest absolute Gasteiger partial charge is 0.493 e. The monoisotopic (exact) mass is 626 g/mol. The van der Waals surface area contributed by atoms with Crippen LogP contribution in [0, 0.1) is 5.82 Å². The molecule has 6 rings (SSSR count). The molecule has 4 aromatic carbocycles. The van der Waals surface area contributed by atoms with Crippen LogP contribution in [0.4, 0.5) is 10.1 Å². The van der Waals surface area contributed by atoms with Gasteiger partial charge in [0, 0.05) is 21.7 Å². The van der Waals surface area contributed by atoms with Crippen molar-refractivity contribution in [3.8, 4) is 28.8 Å². The van der Waals surface area contributed by atoms with Crippen LogP contribution < -0.4 is 25.1 Å². The number of hydrogen-bond acceptors (Lipinski definition) is 8. The van der Waals surface area contributed by atoms with Crippen LogP contribution in [0.25, 0.3) is 33.5 Å². The molecule has 0 aliphatic heterocycles. The van der Waals surface area contributed by atoms with Gasteiger partial charge in [-0.3, -0.25) is 9.59 Å². The molecule has 0 aliphatic rings. The van der Waals surface area contributed by atoms with E-state index in [9.17, 15) is 14.0 Å². The Balaban J connectivity index is 1.34. The Morgan fingerprint density at radius 3 is 2.56 bits per heavy atom. The highest BCUT2D eigenvalue weighted by molar-refractivity contribution is 6.31. The van der Waals surface area contributed by atoms with Gasteiger partial charge in [-0.05, 0) is 66.7 Å². The lowest BCUT2D eigenvalue weighted by Crippen LogP contribution is -2.20. The molecule has 1 amide bonds. The summed E-state index contributed by atoms with van der Waals surface area (Å²) < 4.78 is 37.4. The number of benzene rings is 4. The maximum atomic E-state index is 13.6. The fraction of sp³-hybridized carbons (Fsp3) is 0.0909. The third kappa shape index (κ3) is 6.20. The Kier molecular flexibility index (Phi) is 8.17. The third-order valence-electron chi connectivity index (χ3n) is 6.71. The van der Waals surface area contributed by atoms with E-state index in [1.807, 2.05) is 0 Å². The van der Waals surface area contributed by atoms with Gasteiger partial charge in [0.05, 0.1) is 31.3 Å². The van der Waals surface area contributed by atoms with E-state index in [1.54, 1.807) is 66.7 Å². The molecule has 0 spiro atoms. The summed E-state index contributed by atoms with van der Waals surface area (Å²) in [6.45, 7) is -0.402. The molecule has 0 saturated carbocycles. The number of carbonyl (C=O) groups excluding carboxylic acids is 1. The van der Waals surface area contributed by atoms with Gasteiger partial charge in [-0.15, -0.1) is 0 Å². The standard InChI is InChI=1S/C33H24ClFN4O6/c1-42-27-12-19(13-28(43-2)31(27)44-18-30(40)37-23-7-5-6-22(35)16-23)17-36-39-32(38-25-9-4-3-8-24(25)33(39)41)29-15-20-14-21(34)10-11-26(20)45-29/h3-17H,18H2,1-2H3,(H,37,40). The van der Waals surface area contributed by atoms with Crippen LogP contribution >= 0.6 is 11.6 Å². The zero-order valence-electron chi connectivity index (χ0n) is 23.9. The highest BCUT2D eigenvalue weighted by Gasteiger charge is 2.18. The van der Waals surface area contributed by atoms with Gasteiger partial charge in [0.1, 0.15) is 11.4 Å². The summed E-state index contributed by atoms with van der Waals surface area (Å²) in [7, 11) is 2.86. The number of fused-ring (bicyclic) bond motifs is 2. The minimum absolute atomic E-state index is 0.165. The minimum Gasteiger partial charge on any atom is -0.493 e. The van der Waals surface area contributed by atoms with Crippen molar-refractivity contribution in [2.75, 3.05) is 26.1 Å². The molecular weight excluding hydrogens is 603 g/mol. The van der Waals surface area contributed by atoms with Gasteiger partial charge in [-0.2, -0.15) is 9.78 Å². The molecule has 226 valence electrons. The lowest BCUT2D eigenvalue weighted by Gasteiger charge is -2.15. The van der Waals surface area contributed by atoms with E-state index >= 15 is 0 Å². The van der Waals surface area contributed by atoms with Crippen LogP contribution in [0.2, 0.25) is 5.02 Å². The summed E-state index contributed by atoms with van der Waals surface area (Å²) in [5, 5.41) is 8.70. The molecule has 0 atom stereocenters. The number of anilines is 1. The van der Waals surface area contributed by atoms with Crippen molar-refractivity contribution in [3.05, 3.63) is 112 Å². The fourth-order valence-corrected chi connectivity index (χ4v) is 4.84. The summed E-state index contributed by atoms with van der Waals surface area (Å²) in [5.41, 5.74) is 1.42. The van der Waals surface area contributed by atoms with E-state index < -0.39 is 23.9 Å². The van der Waals surface area contributed by atoms with Gasteiger partial charge in [-0.1, -0.05) is 29.8 Å². The van der Waals surface area contributed by atoms with Crippen LogP contribution in [0.5, 0.6) is 17.2 Å². The number of furan rings is 1. The van der Waals surface area contributed by atoms with Crippen LogP contribution in [-0.2, 0) is 4.79 Å². The summed E-state index contributed by atoms with van der Waals surface area (Å²) in [6, 6.07) is 22.6. The Morgan fingerprint density at radius 2 is 1.80 bits per heavy atom. The molecule has 0 saturated heterocycles. The number of nitrogens with zero attached hydrogens (tertiary/aromatic N) is 3. The number of amides is 1. The average molecular weight is 627 g/mol. The van der Waals surface area contributed by atoms with Crippen LogP contribution in [0.15, 0.2) is 99.2 Å². The molecule has 0 unspecified atom stereocenters. The maximum absolute atomic E-state index is 13.6. The number of methoxy groups -OCH3 is 2. The topological polar surface area (TPSA) is 117 Å². The molecule has 0 aliphatic carbocycles. The van der Waals surface area contributed by atoms with Gasteiger partial charge < -0.3 is 23.9 Å². The van der Waals surface area contributed by atoms with Crippen molar-refractivity contribution in [1.29, 1.82) is 0 Å². The van der Waals surface area contributed by atoms with Crippen LogP contribution in [0.3, 0.4) is 0 Å². The Morgan fingerprint density at radius 1 is 1.02 bits per heavy atom. The first-order chi connectivity index (χ1) is 21.8. The molecule has 6 aromatic rings. The lowest BCUT2D eigenvalue weighted by atomic mass is 10.2. The summed E-state index contributed by atoms with van der Waals surface area (Å²) in [4.78, 5) is 30.8. The molecule has 1 N–H and O–H groups in total. The van der Waals surface area contributed by atoms with Crippen molar-refractivity contribution in [2.24, 2.45) is 5.10 Å². The number of aromatic nitrogens is 2. The number of ether oxygens (including phenoxy) is 3. The van der Waals surface area contributed by atoms with Crippen molar-refractivity contribution in [1.82, 2.24) is 9.66 Å². The van der Waals surface area contributed by atoms with E-state index in [1.165, 1.54) is 38.6 Å². The number of para-hydroxylation sites is 1. The first kappa shape index (κ1) is 29.4. The van der Waals surface area contributed by atoms with Crippen molar-refractivity contribution < 1.29 is 27.8 Å². The Hall–Kier alpha value is -5.68. The number of rotatable bonds is 9. The number of halogens is 2. The number of carbonyl (C=O) groups is 1. The second kappa shape index (κ2) is 12.5. The molecule has 0 radical (unpaired) electrons. The highest BCUT2D eigenvalue weighted by atomic mass is 35.5. The van der Waals surface area contributed by atoms with Crippen LogP contribution in [-0.4, -0.2) is 42.6 Å². The average Bonchev–Trinajstić information content (AvgIpc) is 3.46. The molecule has 45 heavy (non-hydrogen) atoms. The van der Waals surface area contributed by atoms with Crippen molar-refractivity contribution >= 4 is 51.3 Å². The number of nitrogens with one attached hydrogen (secondary N) is 1. The van der Waals surface area contributed by atoms with Crippen molar-refractivity contribution in [3.63, 3.8) is 0 Å². The molecule has 0 bridgehead atoms. The second-order valence-corrected chi connectivity index (χ2v) is 10.1. The zero-order chi connectivity index (χ0) is 31.5. The summed E-state index contributed by atoms with van der Waals surface area (Å²) in [6.07, 6.45) is 1.44. The maximum Gasteiger partial charge on any atom is 0.282 e. The Labute approximate surface area is 260 Å². The third-order valence-corrected chi connectivity index (χ3v) is 6.95. The predicted octanol–water partition coefficient (Wildman–Crippen LogP) is 6.52. The normalized spacial score (nSPS) is 11.3. The van der Waals surface area contributed by atoms with E-state index in [-0.39, 0.29) is 23.1 Å². The number of hydrogen-bond donors (Lipinski definition) is 1. The minimum atomic E-state index is -0.515.